The summed E-state index contributed by atoms with van der Waals surface area (Å²) in [6.45, 7) is 3.65. The predicted octanol–water partition coefficient (Wildman–Crippen LogP) is 0.770. The SMILES string of the molecule is COC(=O)CC(C)Sc1cc2n[nH]c(=O)n2c(C)n1. The molecule has 102 valence electrons. The van der Waals surface area contributed by atoms with Crippen molar-refractivity contribution in [1.29, 1.82) is 0 Å². The second-order valence-corrected chi connectivity index (χ2v) is 5.53. The van der Waals surface area contributed by atoms with Crippen molar-refractivity contribution in [1.82, 2.24) is 19.6 Å². The molecule has 0 saturated heterocycles. The third-order valence-corrected chi connectivity index (χ3v) is 3.57. The summed E-state index contributed by atoms with van der Waals surface area (Å²) in [6.07, 6.45) is 0.306. The first-order valence-corrected chi connectivity index (χ1v) is 6.57. The average molecular weight is 282 g/mol. The van der Waals surface area contributed by atoms with Gasteiger partial charge in [0.15, 0.2) is 5.65 Å². The van der Waals surface area contributed by atoms with Crippen LogP contribution in [0, 0.1) is 6.92 Å². The lowest BCUT2D eigenvalue weighted by Crippen LogP contribution is -2.13. The third-order valence-electron chi connectivity index (χ3n) is 2.55. The van der Waals surface area contributed by atoms with Crippen LogP contribution in [0.1, 0.15) is 19.2 Å². The molecule has 0 aliphatic heterocycles. The molecule has 19 heavy (non-hydrogen) atoms. The summed E-state index contributed by atoms with van der Waals surface area (Å²) < 4.78 is 6.02. The Morgan fingerprint density at radius 1 is 1.63 bits per heavy atom. The number of aryl methyl sites for hydroxylation is 1. The number of thioether (sulfide) groups is 1. The molecule has 1 N–H and O–H groups in total. The minimum absolute atomic E-state index is 0.0347. The Balaban J connectivity index is 2.22. The number of esters is 1. The van der Waals surface area contributed by atoms with Crippen LogP contribution in [0.15, 0.2) is 15.9 Å². The maximum atomic E-state index is 11.5. The van der Waals surface area contributed by atoms with Gasteiger partial charge in [0, 0.05) is 11.3 Å². The molecule has 8 heteroatoms. The summed E-state index contributed by atoms with van der Waals surface area (Å²) in [5.74, 6) is 0.304. The first-order valence-electron chi connectivity index (χ1n) is 5.69. The van der Waals surface area contributed by atoms with E-state index < -0.39 is 0 Å². The van der Waals surface area contributed by atoms with Crippen LogP contribution in [0.5, 0.6) is 0 Å². The lowest BCUT2D eigenvalue weighted by molar-refractivity contribution is -0.140. The second-order valence-electron chi connectivity index (χ2n) is 4.07. The quantitative estimate of drug-likeness (QED) is 0.506. The molecular formula is C11H14N4O3S. The van der Waals surface area contributed by atoms with Gasteiger partial charge in [-0.15, -0.1) is 11.8 Å². The Kier molecular flexibility index (Phi) is 3.89. The van der Waals surface area contributed by atoms with Gasteiger partial charge in [0.05, 0.1) is 13.5 Å². The van der Waals surface area contributed by atoms with E-state index in [1.807, 2.05) is 6.92 Å². The van der Waals surface area contributed by atoms with E-state index in [0.29, 0.717) is 17.9 Å². The summed E-state index contributed by atoms with van der Waals surface area (Å²) >= 11 is 1.44. The summed E-state index contributed by atoms with van der Waals surface area (Å²) in [4.78, 5) is 27.0. The number of H-pyrrole nitrogens is 1. The number of aromatic amines is 1. The van der Waals surface area contributed by atoms with Gasteiger partial charge in [-0.05, 0) is 6.92 Å². The molecule has 2 aromatic heterocycles. The largest absolute Gasteiger partial charge is 0.469 e. The summed E-state index contributed by atoms with van der Waals surface area (Å²) in [6, 6.07) is 1.71. The van der Waals surface area contributed by atoms with Gasteiger partial charge < -0.3 is 4.74 Å². The molecule has 0 saturated carbocycles. The number of fused-ring (bicyclic) bond motifs is 1. The van der Waals surface area contributed by atoms with Crippen LogP contribution in [0.4, 0.5) is 0 Å². The fourth-order valence-corrected chi connectivity index (χ4v) is 2.69. The zero-order chi connectivity index (χ0) is 14.0. The Morgan fingerprint density at radius 3 is 3.05 bits per heavy atom. The van der Waals surface area contributed by atoms with Gasteiger partial charge >= 0.3 is 11.7 Å². The highest BCUT2D eigenvalue weighted by Gasteiger charge is 2.13. The molecule has 0 fully saturated rings. The number of nitrogens with zero attached hydrogens (tertiary/aromatic N) is 3. The van der Waals surface area contributed by atoms with E-state index in [1.54, 1.807) is 13.0 Å². The predicted molar refractivity (Wildman–Crippen MR) is 70.3 cm³/mol. The molecule has 0 aliphatic carbocycles. The topological polar surface area (TPSA) is 89.3 Å². The van der Waals surface area contributed by atoms with Crippen molar-refractivity contribution in [3.05, 3.63) is 22.4 Å². The highest BCUT2D eigenvalue weighted by molar-refractivity contribution is 7.99. The van der Waals surface area contributed by atoms with Gasteiger partial charge in [-0.1, -0.05) is 6.92 Å². The van der Waals surface area contributed by atoms with E-state index in [9.17, 15) is 9.59 Å². The van der Waals surface area contributed by atoms with Crippen molar-refractivity contribution < 1.29 is 9.53 Å². The van der Waals surface area contributed by atoms with Crippen molar-refractivity contribution in [2.75, 3.05) is 7.11 Å². The molecule has 7 nitrogen and oxygen atoms in total. The molecule has 2 aromatic rings. The number of rotatable bonds is 4. The number of methoxy groups -OCH3 is 1. The van der Waals surface area contributed by atoms with Crippen LogP contribution in [0.2, 0.25) is 0 Å². The molecule has 0 spiro atoms. The first-order chi connectivity index (χ1) is 9.01. The highest BCUT2D eigenvalue weighted by Crippen LogP contribution is 2.24. The van der Waals surface area contributed by atoms with Crippen LogP contribution in [-0.2, 0) is 9.53 Å². The molecule has 2 rings (SSSR count). The first kappa shape index (κ1) is 13.6. The summed E-state index contributed by atoms with van der Waals surface area (Å²) in [5, 5.41) is 7.04. The van der Waals surface area contributed by atoms with Crippen molar-refractivity contribution in [3.8, 4) is 0 Å². The lowest BCUT2D eigenvalue weighted by Gasteiger charge is -2.09. The van der Waals surface area contributed by atoms with Crippen LogP contribution in [0.3, 0.4) is 0 Å². The molecular weight excluding hydrogens is 268 g/mol. The normalized spacial score (nSPS) is 12.6. The summed E-state index contributed by atoms with van der Waals surface area (Å²) in [7, 11) is 1.37. The molecule has 0 aromatic carbocycles. The van der Waals surface area contributed by atoms with Crippen LogP contribution in [-0.4, -0.2) is 37.9 Å². The highest BCUT2D eigenvalue weighted by atomic mass is 32.2. The molecule has 1 unspecified atom stereocenters. The van der Waals surface area contributed by atoms with Crippen LogP contribution < -0.4 is 5.69 Å². The Bertz CT molecular complexity index is 663. The number of ether oxygens (including phenoxy) is 1. The Hall–Kier alpha value is -1.83. The van der Waals surface area contributed by atoms with Crippen LogP contribution >= 0.6 is 11.8 Å². The fourth-order valence-electron chi connectivity index (χ4n) is 1.70. The van der Waals surface area contributed by atoms with Gasteiger partial charge in [0.25, 0.3) is 0 Å². The van der Waals surface area contributed by atoms with E-state index in [4.69, 9.17) is 0 Å². The molecule has 0 amide bonds. The van der Waals surface area contributed by atoms with Gasteiger partial charge in [0.2, 0.25) is 0 Å². The van der Waals surface area contributed by atoms with Gasteiger partial charge in [0.1, 0.15) is 10.9 Å². The minimum Gasteiger partial charge on any atom is -0.469 e. The molecule has 0 bridgehead atoms. The Morgan fingerprint density at radius 2 is 2.37 bits per heavy atom. The second kappa shape index (κ2) is 5.43. The van der Waals surface area contributed by atoms with E-state index in [0.717, 1.165) is 5.03 Å². The third kappa shape index (κ3) is 2.95. The zero-order valence-corrected chi connectivity index (χ0v) is 11.7. The summed E-state index contributed by atoms with van der Waals surface area (Å²) in [5.41, 5.74) is 0.212. The number of hydrogen-bond donors (Lipinski definition) is 1. The minimum atomic E-state index is -0.306. The van der Waals surface area contributed by atoms with Gasteiger partial charge in [-0.3, -0.25) is 4.79 Å². The van der Waals surface area contributed by atoms with Crippen molar-refractivity contribution in [2.45, 2.75) is 30.5 Å². The molecule has 2 heterocycles. The van der Waals surface area contributed by atoms with Gasteiger partial charge in [-0.2, -0.15) is 5.10 Å². The monoisotopic (exact) mass is 282 g/mol. The number of nitrogens with one attached hydrogen (secondary N) is 1. The molecule has 0 radical (unpaired) electrons. The fraction of sp³-hybridized carbons (Fsp3) is 0.455. The molecule has 1 atom stereocenters. The standard InChI is InChI=1S/C11H14N4O3S/c1-6(4-10(16)18-3)19-9-5-8-13-14-11(17)15(8)7(2)12-9/h5-6H,4H2,1-3H3,(H,14,17). The van der Waals surface area contributed by atoms with Crippen molar-refractivity contribution >= 4 is 23.4 Å². The number of aromatic nitrogens is 4. The lowest BCUT2D eigenvalue weighted by atomic mass is 10.3. The average Bonchev–Trinajstić information content (AvgIpc) is 2.70. The maximum Gasteiger partial charge on any atom is 0.349 e. The van der Waals surface area contributed by atoms with Crippen molar-refractivity contribution in [3.63, 3.8) is 0 Å². The van der Waals surface area contributed by atoms with E-state index in [-0.39, 0.29) is 16.9 Å². The van der Waals surface area contributed by atoms with Crippen LogP contribution in [0.25, 0.3) is 5.65 Å². The number of carbonyl (C=O) groups is 1. The van der Waals surface area contributed by atoms with E-state index >= 15 is 0 Å². The smallest absolute Gasteiger partial charge is 0.349 e. The Labute approximate surface area is 113 Å². The van der Waals surface area contributed by atoms with E-state index in [2.05, 4.69) is 19.9 Å². The maximum absolute atomic E-state index is 11.5. The van der Waals surface area contributed by atoms with Crippen molar-refractivity contribution in [2.24, 2.45) is 0 Å². The molecule has 0 aliphatic rings. The zero-order valence-electron chi connectivity index (χ0n) is 10.8. The number of hydrogen-bond acceptors (Lipinski definition) is 6. The van der Waals surface area contributed by atoms with E-state index in [1.165, 1.54) is 23.3 Å². The van der Waals surface area contributed by atoms with Gasteiger partial charge in [-0.25, -0.2) is 19.3 Å². The number of carbonyl (C=O) groups excluding carboxylic acids is 1.